The predicted octanol–water partition coefficient (Wildman–Crippen LogP) is -0.221. The van der Waals surface area contributed by atoms with E-state index in [1.807, 2.05) is 0 Å². The van der Waals surface area contributed by atoms with Crippen LogP contribution in [-0.2, 0) is 16.0 Å². The largest absolute Gasteiger partial charge is 0.339 e. The van der Waals surface area contributed by atoms with Crippen molar-refractivity contribution in [1.82, 2.24) is 20.4 Å². The third-order valence-corrected chi connectivity index (χ3v) is 3.42. The minimum Gasteiger partial charge on any atom is -0.339 e. The van der Waals surface area contributed by atoms with E-state index >= 15 is 0 Å². The Morgan fingerprint density at radius 2 is 2.11 bits per heavy atom. The normalized spacial score (nSPS) is 20.9. The molecule has 0 radical (unpaired) electrons. The van der Waals surface area contributed by atoms with Crippen molar-refractivity contribution in [3.8, 4) is 0 Å². The average Bonchev–Trinajstić information content (AvgIpc) is 3.06. The van der Waals surface area contributed by atoms with Gasteiger partial charge in [0.25, 0.3) is 0 Å². The van der Waals surface area contributed by atoms with Crippen molar-refractivity contribution in [3.63, 3.8) is 0 Å². The quantitative estimate of drug-likeness (QED) is 0.756. The van der Waals surface area contributed by atoms with Gasteiger partial charge >= 0.3 is 6.03 Å². The first-order chi connectivity index (χ1) is 9.03. The van der Waals surface area contributed by atoms with Crippen LogP contribution in [-0.4, -0.2) is 39.4 Å². The number of aryl methyl sites for hydroxylation is 1. The molecule has 4 amide bonds. The zero-order valence-corrected chi connectivity index (χ0v) is 10.3. The molecule has 0 aromatic carbocycles. The van der Waals surface area contributed by atoms with Gasteiger partial charge in [-0.3, -0.25) is 19.8 Å². The summed E-state index contributed by atoms with van der Waals surface area (Å²) in [6.45, 7) is 1.81. The van der Waals surface area contributed by atoms with Crippen LogP contribution in [0.4, 0.5) is 4.79 Å². The van der Waals surface area contributed by atoms with E-state index in [4.69, 9.17) is 4.52 Å². The molecule has 2 aliphatic rings. The molecular weight excluding hydrogens is 252 g/mol. The Labute approximate surface area is 108 Å². The van der Waals surface area contributed by atoms with E-state index in [2.05, 4.69) is 15.5 Å². The number of rotatable bonds is 3. The Hall–Kier alpha value is -2.25. The first-order valence-electron chi connectivity index (χ1n) is 5.99. The summed E-state index contributed by atoms with van der Waals surface area (Å²) < 4.78 is 4.92. The van der Waals surface area contributed by atoms with Crippen LogP contribution in [0.5, 0.6) is 0 Å². The second-order valence-corrected chi connectivity index (χ2v) is 4.78. The lowest BCUT2D eigenvalue weighted by molar-refractivity contribution is -0.144. The third-order valence-electron chi connectivity index (χ3n) is 3.42. The van der Waals surface area contributed by atoms with Crippen LogP contribution in [0.15, 0.2) is 4.52 Å². The van der Waals surface area contributed by atoms with Gasteiger partial charge in [0.2, 0.25) is 17.7 Å². The van der Waals surface area contributed by atoms with Gasteiger partial charge in [-0.1, -0.05) is 5.16 Å². The van der Waals surface area contributed by atoms with Gasteiger partial charge in [0, 0.05) is 13.0 Å². The van der Waals surface area contributed by atoms with Crippen molar-refractivity contribution in [2.45, 2.75) is 26.2 Å². The lowest BCUT2D eigenvalue weighted by atomic mass is 10.0. The fourth-order valence-corrected chi connectivity index (χ4v) is 2.15. The second kappa shape index (κ2) is 3.87. The van der Waals surface area contributed by atoms with Crippen molar-refractivity contribution in [1.29, 1.82) is 0 Å². The Bertz CT molecular complexity index is 575. The smallest absolute Gasteiger partial charge is 0.330 e. The number of imide groups is 2. The van der Waals surface area contributed by atoms with E-state index < -0.39 is 23.3 Å². The molecule has 1 aromatic heterocycles. The van der Waals surface area contributed by atoms with Crippen molar-refractivity contribution >= 4 is 17.8 Å². The molecule has 100 valence electrons. The fourth-order valence-electron chi connectivity index (χ4n) is 2.15. The molecule has 0 bridgehead atoms. The van der Waals surface area contributed by atoms with Crippen LogP contribution in [0, 0.1) is 12.3 Å². The molecule has 8 heteroatoms. The number of hydrogen-bond donors (Lipinski definition) is 1. The monoisotopic (exact) mass is 264 g/mol. The standard InChI is InChI=1S/C11H12N4O4/c1-6-12-7(19-14-6)2-5-15-9(17)11(3-4-11)8(16)13-10(15)18/h2-5H2,1H3,(H,13,16,18). The molecule has 0 atom stereocenters. The molecule has 8 nitrogen and oxygen atoms in total. The molecule has 1 saturated heterocycles. The first-order valence-corrected chi connectivity index (χ1v) is 5.99. The van der Waals surface area contributed by atoms with Gasteiger partial charge in [-0.05, 0) is 19.8 Å². The number of amides is 4. The number of carbonyl (C=O) groups excluding carboxylic acids is 3. The van der Waals surface area contributed by atoms with Crippen LogP contribution in [0.25, 0.3) is 0 Å². The first kappa shape index (κ1) is 11.8. The van der Waals surface area contributed by atoms with E-state index in [9.17, 15) is 14.4 Å². The summed E-state index contributed by atoms with van der Waals surface area (Å²) in [6.07, 6.45) is 1.28. The summed E-state index contributed by atoms with van der Waals surface area (Å²) in [5, 5.41) is 5.84. The number of urea groups is 1. The molecular formula is C11H12N4O4. The molecule has 1 saturated carbocycles. The Kier molecular flexibility index (Phi) is 2.41. The fraction of sp³-hybridized carbons (Fsp3) is 0.545. The number of nitrogens with zero attached hydrogens (tertiary/aromatic N) is 3. The van der Waals surface area contributed by atoms with Gasteiger partial charge < -0.3 is 4.52 Å². The summed E-state index contributed by atoms with van der Waals surface area (Å²) in [5.41, 5.74) is -1.00. The second-order valence-electron chi connectivity index (χ2n) is 4.78. The summed E-state index contributed by atoms with van der Waals surface area (Å²) in [5.74, 6) is -0.0389. The van der Waals surface area contributed by atoms with Gasteiger partial charge in [0.05, 0.1) is 0 Å². The van der Waals surface area contributed by atoms with Crippen LogP contribution in [0.2, 0.25) is 0 Å². The molecule has 1 aliphatic carbocycles. The highest BCUT2D eigenvalue weighted by molar-refractivity contribution is 6.20. The third kappa shape index (κ3) is 1.79. The Morgan fingerprint density at radius 1 is 1.37 bits per heavy atom. The molecule has 2 fully saturated rings. The molecule has 1 N–H and O–H groups in total. The lowest BCUT2D eigenvalue weighted by Gasteiger charge is -2.29. The maximum atomic E-state index is 12.1. The van der Waals surface area contributed by atoms with E-state index in [1.54, 1.807) is 6.92 Å². The zero-order chi connectivity index (χ0) is 13.6. The Morgan fingerprint density at radius 3 is 2.68 bits per heavy atom. The van der Waals surface area contributed by atoms with Crippen LogP contribution in [0.1, 0.15) is 24.6 Å². The average molecular weight is 264 g/mol. The van der Waals surface area contributed by atoms with Crippen molar-refractivity contribution in [2.75, 3.05) is 6.54 Å². The molecule has 3 rings (SSSR count). The number of aromatic nitrogens is 2. The Balaban J connectivity index is 1.71. The molecule has 1 spiro atoms. The number of nitrogens with one attached hydrogen (secondary N) is 1. The number of carbonyl (C=O) groups is 3. The van der Waals surface area contributed by atoms with Crippen LogP contribution >= 0.6 is 0 Å². The van der Waals surface area contributed by atoms with Crippen molar-refractivity contribution in [3.05, 3.63) is 11.7 Å². The van der Waals surface area contributed by atoms with Gasteiger partial charge in [-0.25, -0.2) is 4.79 Å². The maximum Gasteiger partial charge on any atom is 0.330 e. The maximum absolute atomic E-state index is 12.1. The van der Waals surface area contributed by atoms with Gasteiger partial charge in [-0.2, -0.15) is 4.98 Å². The van der Waals surface area contributed by atoms with Gasteiger partial charge in [0.15, 0.2) is 5.82 Å². The molecule has 0 unspecified atom stereocenters. The van der Waals surface area contributed by atoms with E-state index in [0.29, 0.717) is 24.6 Å². The predicted molar refractivity (Wildman–Crippen MR) is 59.7 cm³/mol. The van der Waals surface area contributed by atoms with Crippen molar-refractivity contribution in [2.24, 2.45) is 5.41 Å². The van der Waals surface area contributed by atoms with Crippen LogP contribution < -0.4 is 5.32 Å². The lowest BCUT2D eigenvalue weighted by Crippen LogP contribution is -2.59. The highest BCUT2D eigenvalue weighted by atomic mass is 16.5. The minimum absolute atomic E-state index is 0.126. The van der Waals surface area contributed by atoms with Gasteiger partial charge in [-0.15, -0.1) is 0 Å². The zero-order valence-electron chi connectivity index (χ0n) is 10.3. The van der Waals surface area contributed by atoms with Crippen molar-refractivity contribution < 1.29 is 18.9 Å². The summed E-state index contributed by atoms with van der Waals surface area (Å²) in [7, 11) is 0. The highest BCUT2D eigenvalue weighted by Crippen LogP contribution is 2.48. The SMILES string of the molecule is Cc1noc(CCN2C(=O)NC(=O)C3(CC3)C2=O)n1. The van der Waals surface area contributed by atoms with Crippen LogP contribution in [0.3, 0.4) is 0 Å². The minimum atomic E-state index is -1.00. The number of hydrogen-bond acceptors (Lipinski definition) is 6. The van der Waals surface area contributed by atoms with E-state index in [0.717, 1.165) is 4.90 Å². The summed E-state index contributed by atoms with van der Waals surface area (Å²) >= 11 is 0. The van der Waals surface area contributed by atoms with E-state index in [-0.39, 0.29) is 13.0 Å². The van der Waals surface area contributed by atoms with E-state index in [1.165, 1.54) is 0 Å². The highest BCUT2D eigenvalue weighted by Gasteiger charge is 2.62. The summed E-state index contributed by atoms with van der Waals surface area (Å²) in [6, 6.07) is -0.677. The number of barbiturate groups is 1. The molecule has 2 heterocycles. The molecule has 1 aromatic rings. The van der Waals surface area contributed by atoms with Gasteiger partial charge in [0.1, 0.15) is 5.41 Å². The topological polar surface area (TPSA) is 105 Å². The molecule has 19 heavy (non-hydrogen) atoms. The summed E-state index contributed by atoms with van der Waals surface area (Å²) in [4.78, 5) is 40.4. The molecule has 1 aliphatic heterocycles.